The lowest BCUT2D eigenvalue weighted by Crippen LogP contribution is -1.93. The molecule has 0 radical (unpaired) electrons. The van der Waals surface area contributed by atoms with E-state index >= 15 is 0 Å². The second kappa shape index (κ2) is 7.83. The summed E-state index contributed by atoms with van der Waals surface area (Å²) in [7, 11) is 0. The highest BCUT2D eigenvalue weighted by molar-refractivity contribution is 7.25. The predicted molar refractivity (Wildman–Crippen MR) is 144 cm³/mol. The Labute approximate surface area is 204 Å². The lowest BCUT2D eigenvalue weighted by atomic mass is 10.1. The van der Waals surface area contributed by atoms with E-state index in [0.29, 0.717) is 0 Å². The summed E-state index contributed by atoms with van der Waals surface area (Å²) in [4.78, 5) is 16.0. The van der Waals surface area contributed by atoms with Gasteiger partial charge in [0.2, 0.25) is 0 Å². The molecule has 0 unspecified atom stereocenters. The van der Waals surface area contributed by atoms with E-state index in [9.17, 15) is 0 Å². The molecule has 7 aromatic rings. The topological polar surface area (TPSA) is 38.7 Å². The third-order valence-corrected chi connectivity index (χ3v) is 8.10. The summed E-state index contributed by atoms with van der Waals surface area (Å²) in [5, 5.41) is 3.34. The summed E-state index contributed by atoms with van der Waals surface area (Å²) in [5.74, 6) is 0.737. The van der Waals surface area contributed by atoms with Gasteiger partial charge in [-0.3, -0.25) is 0 Å². The van der Waals surface area contributed by atoms with Crippen molar-refractivity contribution in [3.63, 3.8) is 0 Å². The summed E-state index contributed by atoms with van der Waals surface area (Å²) >= 11 is 3.43. The SMILES string of the molecule is c1ccc(-c2nc(-c3cccc(-c4nc5ccccc5s4)c3)nc3sc4ccccc4c23)cc1. The van der Waals surface area contributed by atoms with Gasteiger partial charge in [-0.05, 0) is 24.3 Å². The number of benzene rings is 4. The van der Waals surface area contributed by atoms with Crippen LogP contribution >= 0.6 is 22.7 Å². The molecule has 5 heteroatoms. The minimum absolute atomic E-state index is 0.737. The number of fused-ring (bicyclic) bond motifs is 4. The van der Waals surface area contributed by atoms with Crippen LogP contribution in [0.25, 0.3) is 63.7 Å². The molecule has 0 amide bonds. The molecule has 3 heterocycles. The van der Waals surface area contributed by atoms with Crippen molar-refractivity contribution in [3.05, 3.63) is 103 Å². The molecule has 0 fully saturated rings. The van der Waals surface area contributed by atoms with Crippen LogP contribution in [0.5, 0.6) is 0 Å². The lowest BCUT2D eigenvalue weighted by molar-refractivity contribution is 1.24. The highest BCUT2D eigenvalue weighted by Crippen LogP contribution is 2.40. The Hall–Kier alpha value is -3.93. The molecular formula is C29H17N3S2. The van der Waals surface area contributed by atoms with Crippen molar-refractivity contribution < 1.29 is 0 Å². The molecule has 0 saturated heterocycles. The number of rotatable bonds is 3. The van der Waals surface area contributed by atoms with Gasteiger partial charge in [0.25, 0.3) is 0 Å². The van der Waals surface area contributed by atoms with Gasteiger partial charge in [-0.1, -0.05) is 78.9 Å². The fourth-order valence-electron chi connectivity index (χ4n) is 4.34. The molecular weight excluding hydrogens is 454 g/mol. The van der Waals surface area contributed by atoms with Gasteiger partial charge in [0, 0.05) is 32.2 Å². The quantitative estimate of drug-likeness (QED) is 0.259. The van der Waals surface area contributed by atoms with Gasteiger partial charge in [-0.25, -0.2) is 15.0 Å². The first-order valence-corrected chi connectivity index (χ1v) is 12.7. The molecule has 0 atom stereocenters. The van der Waals surface area contributed by atoms with Gasteiger partial charge < -0.3 is 0 Å². The Morgan fingerprint density at radius 3 is 2.15 bits per heavy atom. The van der Waals surface area contributed by atoms with E-state index in [1.165, 1.54) is 14.8 Å². The first-order valence-electron chi connectivity index (χ1n) is 11.0. The zero-order valence-electron chi connectivity index (χ0n) is 18.0. The number of thiazole rings is 1. The van der Waals surface area contributed by atoms with Crippen LogP contribution in [0.3, 0.4) is 0 Å². The van der Waals surface area contributed by atoms with E-state index in [1.807, 2.05) is 12.1 Å². The summed E-state index contributed by atoms with van der Waals surface area (Å²) < 4.78 is 2.42. The maximum absolute atomic E-state index is 5.12. The largest absolute Gasteiger partial charge is 0.236 e. The number of hydrogen-bond donors (Lipinski definition) is 0. The van der Waals surface area contributed by atoms with Crippen molar-refractivity contribution in [2.75, 3.05) is 0 Å². The van der Waals surface area contributed by atoms with Crippen molar-refractivity contribution in [1.82, 2.24) is 15.0 Å². The minimum atomic E-state index is 0.737. The first-order chi connectivity index (χ1) is 16.8. The smallest absolute Gasteiger partial charge is 0.161 e. The molecule has 3 aromatic heterocycles. The molecule has 0 saturated carbocycles. The number of nitrogens with zero attached hydrogens (tertiary/aromatic N) is 3. The zero-order chi connectivity index (χ0) is 22.5. The van der Waals surface area contributed by atoms with Crippen LogP contribution in [0.4, 0.5) is 0 Å². The zero-order valence-corrected chi connectivity index (χ0v) is 19.6. The number of hydrogen-bond acceptors (Lipinski definition) is 5. The Morgan fingerprint density at radius 1 is 0.529 bits per heavy atom. The van der Waals surface area contributed by atoms with E-state index in [2.05, 4.69) is 91.0 Å². The molecule has 0 aliphatic heterocycles. The molecule has 160 valence electrons. The second-order valence-corrected chi connectivity index (χ2v) is 10.2. The van der Waals surface area contributed by atoms with Gasteiger partial charge in [0.05, 0.1) is 15.9 Å². The number of para-hydroxylation sites is 1. The fraction of sp³-hybridized carbons (Fsp3) is 0. The standard InChI is InChI=1S/C29H17N3S2/c1-2-9-18(10-3-1)26-25-21-13-4-6-15-23(21)33-29(25)32-27(31-26)19-11-8-12-20(17-19)28-30-22-14-5-7-16-24(22)34-28/h1-17H. The molecule has 34 heavy (non-hydrogen) atoms. The predicted octanol–water partition coefficient (Wildman–Crippen LogP) is 8.46. The molecule has 0 spiro atoms. The van der Waals surface area contributed by atoms with Crippen molar-refractivity contribution in [1.29, 1.82) is 0 Å². The van der Waals surface area contributed by atoms with Gasteiger partial charge in [0.15, 0.2) is 5.82 Å². The normalized spacial score (nSPS) is 11.5. The van der Waals surface area contributed by atoms with Crippen LogP contribution in [0.2, 0.25) is 0 Å². The first kappa shape index (κ1) is 19.5. The van der Waals surface area contributed by atoms with Gasteiger partial charge in [-0.15, -0.1) is 22.7 Å². The maximum atomic E-state index is 5.12. The van der Waals surface area contributed by atoms with Crippen LogP contribution in [0.1, 0.15) is 0 Å². The third kappa shape index (κ3) is 3.21. The van der Waals surface area contributed by atoms with E-state index in [0.717, 1.165) is 48.9 Å². The van der Waals surface area contributed by atoms with Gasteiger partial charge in [-0.2, -0.15) is 0 Å². The Bertz CT molecular complexity index is 1780. The maximum Gasteiger partial charge on any atom is 0.161 e. The van der Waals surface area contributed by atoms with Crippen LogP contribution in [-0.2, 0) is 0 Å². The average Bonchev–Trinajstić information content (AvgIpc) is 3.50. The van der Waals surface area contributed by atoms with E-state index in [4.69, 9.17) is 15.0 Å². The molecule has 3 nitrogen and oxygen atoms in total. The number of thiophene rings is 1. The van der Waals surface area contributed by atoms with Crippen LogP contribution in [0.15, 0.2) is 103 Å². The van der Waals surface area contributed by atoms with Crippen molar-refractivity contribution in [2.45, 2.75) is 0 Å². The molecule has 0 aliphatic carbocycles. The Morgan fingerprint density at radius 2 is 1.26 bits per heavy atom. The van der Waals surface area contributed by atoms with Crippen LogP contribution in [-0.4, -0.2) is 15.0 Å². The summed E-state index contributed by atoms with van der Waals surface area (Å²) in [6.07, 6.45) is 0. The summed E-state index contributed by atoms with van der Waals surface area (Å²) in [6, 6.07) is 35.6. The van der Waals surface area contributed by atoms with E-state index < -0.39 is 0 Å². The van der Waals surface area contributed by atoms with Gasteiger partial charge in [0.1, 0.15) is 9.84 Å². The highest BCUT2D eigenvalue weighted by Gasteiger charge is 2.17. The molecule has 0 N–H and O–H groups in total. The van der Waals surface area contributed by atoms with Crippen molar-refractivity contribution >= 4 is 53.2 Å². The molecule has 0 bridgehead atoms. The number of aromatic nitrogens is 3. The third-order valence-electron chi connectivity index (χ3n) is 5.95. The fourth-order valence-corrected chi connectivity index (χ4v) is 6.38. The lowest BCUT2D eigenvalue weighted by Gasteiger charge is -2.08. The van der Waals surface area contributed by atoms with Crippen LogP contribution in [0, 0.1) is 0 Å². The van der Waals surface area contributed by atoms with Gasteiger partial charge >= 0.3 is 0 Å². The van der Waals surface area contributed by atoms with Crippen molar-refractivity contribution in [2.24, 2.45) is 0 Å². The Balaban J connectivity index is 1.44. The second-order valence-electron chi connectivity index (χ2n) is 8.11. The van der Waals surface area contributed by atoms with Crippen molar-refractivity contribution in [3.8, 4) is 33.2 Å². The monoisotopic (exact) mass is 471 g/mol. The summed E-state index contributed by atoms with van der Waals surface area (Å²) in [5.41, 5.74) is 5.18. The minimum Gasteiger partial charge on any atom is -0.236 e. The molecule has 4 aromatic carbocycles. The highest BCUT2D eigenvalue weighted by atomic mass is 32.1. The summed E-state index contributed by atoms with van der Waals surface area (Å²) in [6.45, 7) is 0. The average molecular weight is 472 g/mol. The Kier molecular flexibility index (Phi) is 4.50. The van der Waals surface area contributed by atoms with Crippen LogP contribution < -0.4 is 0 Å². The molecule has 7 rings (SSSR count). The van der Waals surface area contributed by atoms with E-state index in [-0.39, 0.29) is 0 Å². The molecule has 0 aliphatic rings. The van der Waals surface area contributed by atoms with E-state index in [1.54, 1.807) is 22.7 Å².